The number of fused-ring (bicyclic) bond motifs is 1. The molecule has 0 aliphatic heterocycles. The quantitative estimate of drug-likeness (QED) is 0.544. The summed E-state index contributed by atoms with van der Waals surface area (Å²) in [4.78, 5) is 20.6. The molecule has 6 nitrogen and oxygen atoms in total. The van der Waals surface area contributed by atoms with Crippen LogP contribution in [-0.2, 0) is 6.42 Å². The number of nitrogens with one attached hydrogen (secondary N) is 3. The largest absolute Gasteiger partial charge is 0.497 e. The number of urea groups is 1. The topological polar surface area (TPSA) is 79.0 Å². The van der Waals surface area contributed by atoms with Crippen LogP contribution >= 0.6 is 0 Å². The van der Waals surface area contributed by atoms with Crippen molar-refractivity contribution in [1.82, 2.24) is 20.6 Å². The van der Waals surface area contributed by atoms with E-state index in [1.807, 2.05) is 48.5 Å². The number of hydrogen-bond donors (Lipinski definition) is 3. The van der Waals surface area contributed by atoms with Crippen molar-refractivity contribution < 1.29 is 9.53 Å². The number of methoxy groups -OCH3 is 1. The normalized spacial score (nSPS) is 12.1. The minimum atomic E-state index is -0.268. The lowest BCUT2D eigenvalue weighted by Gasteiger charge is -2.20. The van der Waals surface area contributed by atoms with Gasteiger partial charge in [-0.05, 0) is 49.1 Å². The van der Waals surface area contributed by atoms with Crippen molar-refractivity contribution in [3.8, 4) is 5.75 Å². The molecule has 148 valence electrons. The summed E-state index contributed by atoms with van der Waals surface area (Å²) < 4.78 is 5.23. The van der Waals surface area contributed by atoms with Gasteiger partial charge in [-0.2, -0.15) is 0 Å². The fourth-order valence-electron chi connectivity index (χ4n) is 3.23. The molecule has 0 unspecified atom stereocenters. The van der Waals surface area contributed by atoms with Crippen molar-refractivity contribution in [2.24, 2.45) is 0 Å². The number of amides is 2. The van der Waals surface area contributed by atoms with Crippen LogP contribution in [-0.4, -0.2) is 29.2 Å². The molecule has 3 aromatic rings. The number of hydrogen-bond acceptors (Lipinski definition) is 3. The Kier molecular flexibility index (Phi) is 6.53. The number of para-hydroxylation sites is 2. The number of aromatic amines is 1. The summed E-state index contributed by atoms with van der Waals surface area (Å²) in [6.45, 7) is 4.14. The zero-order chi connectivity index (χ0) is 19.9. The summed E-state index contributed by atoms with van der Waals surface area (Å²) in [5.41, 5.74) is 2.94. The number of nitrogens with zero attached hydrogens (tertiary/aromatic N) is 1. The molecule has 28 heavy (non-hydrogen) atoms. The van der Waals surface area contributed by atoms with Gasteiger partial charge in [-0.15, -0.1) is 0 Å². The first-order valence-corrected chi connectivity index (χ1v) is 9.77. The third kappa shape index (κ3) is 4.82. The molecule has 1 heterocycles. The molecule has 2 aromatic carbocycles. The van der Waals surface area contributed by atoms with Crippen LogP contribution in [0, 0.1) is 0 Å². The van der Waals surface area contributed by atoms with E-state index < -0.39 is 0 Å². The van der Waals surface area contributed by atoms with Crippen LogP contribution < -0.4 is 15.4 Å². The molecule has 1 atom stereocenters. The number of ether oxygens (including phenoxy) is 1. The molecule has 1 aromatic heterocycles. The van der Waals surface area contributed by atoms with E-state index in [2.05, 4.69) is 29.5 Å². The number of carbonyl (C=O) groups is 1. The first-order valence-electron chi connectivity index (χ1n) is 9.77. The lowest BCUT2D eigenvalue weighted by molar-refractivity contribution is 0.231. The molecule has 3 N–H and O–H groups in total. The second-order valence-corrected chi connectivity index (χ2v) is 6.88. The van der Waals surface area contributed by atoms with Gasteiger partial charge in [0, 0.05) is 6.04 Å². The maximum atomic E-state index is 12.6. The maximum Gasteiger partial charge on any atom is 0.315 e. The van der Waals surface area contributed by atoms with E-state index in [1.165, 1.54) is 0 Å². The van der Waals surface area contributed by atoms with Crippen LogP contribution in [0.15, 0.2) is 48.5 Å². The SMILES string of the molecule is CCC(CC)NC(=O)N[C@H](Cc1ccc(OC)cc1)c1nc2ccccc2[nH]1. The molecule has 0 spiro atoms. The Morgan fingerprint density at radius 1 is 1.07 bits per heavy atom. The summed E-state index contributed by atoms with van der Waals surface area (Å²) in [6.07, 6.45) is 2.43. The van der Waals surface area contributed by atoms with E-state index in [-0.39, 0.29) is 18.1 Å². The standard InChI is InChI=1S/C22H28N4O2/c1-4-16(5-2)23-22(27)26-20(14-15-10-12-17(28-3)13-11-15)21-24-18-8-6-7-9-19(18)25-21/h6-13,16,20H,4-5,14H2,1-3H3,(H,24,25)(H2,23,26,27)/t20-/m1/s1. The van der Waals surface area contributed by atoms with Gasteiger partial charge in [0.1, 0.15) is 11.6 Å². The molecule has 2 amide bonds. The average molecular weight is 380 g/mol. The van der Waals surface area contributed by atoms with E-state index in [4.69, 9.17) is 9.72 Å². The fourth-order valence-corrected chi connectivity index (χ4v) is 3.23. The molecule has 0 fully saturated rings. The molecule has 0 bridgehead atoms. The predicted octanol–water partition coefficient (Wildman–Crippen LogP) is 4.34. The third-order valence-corrected chi connectivity index (χ3v) is 4.96. The molecular weight excluding hydrogens is 352 g/mol. The van der Waals surface area contributed by atoms with Crippen molar-refractivity contribution in [2.75, 3.05) is 7.11 Å². The Labute approximate surface area is 165 Å². The van der Waals surface area contributed by atoms with Gasteiger partial charge in [-0.25, -0.2) is 9.78 Å². The van der Waals surface area contributed by atoms with E-state index in [1.54, 1.807) is 7.11 Å². The van der Waals surface area contributed by atoms with Crippen LogP contribution in [0.2, 0.25) is 0 Å². The Morgan fingerprint density at radius 3 is 2.43 bits per heavy atom. The third-order valence-electron chi connectivity index (χ3n) is 4.96. The van der Waals surface area contributed by atoms with Gasteiger partial charge in [0.15, 0.2) is 0 Å². The number of carbonyl (C=O) groups excluding carboxylic acids is 1. The minimum Gasteiger partial charge on any atom is -0.497 e. The zero-order valence-corrected chi connectivity index (χ0v) is 16.7. The molecule has 6 heteroatoms. The van der Waals surface area contributed by atoms with Gasteiger partial charge in [0.25, 0.3) is 0 Å². The summed E-state index contributed by atoms with van der Waals surface area (Å²) in [6, 6.07) is 15.5. The minimum absolute atomic E-state index is 0.164. The molecular formula is C22H28N4O2. The highest BCUT2D eigenvalue weighted by atomic mass is 16.5. The molecule has 0 saturated carbocycles. The predicted molar refractivity (Wildman–Crippen MR) is 112 cm³/mol. The van der Waals surface area contributed by atoms with Gasteiger partial charge in [0.05, 0.1) is 24.2 Å². The van der Waals surface area contributed by atoms with Gasteiger partial charge >= 0.3 is 6.03 Å². The van der Waals surface area contributed by atoms with Crippen molar-refractivity contribution in [1.29, 1.82) is 0 Å². The Hall–Kier alpha value is -3.02. The van der Waals surface area contributed by atoms with Gasteiger partial charge in [-0.3, -0.25) is 0 Å². The van der Waals surface area contributed by atoms with Gasteiger partial charge in [-0.1, -0.05) is 38.1 Å². The lowest BCUT2D eigenvalue weighted by Crippen LogP contribution is -2.43. The van der Waals surface area contributed by atoms with Gasteiger partial charge in [0.2, 0.25) is 0 Å². The number of benzene rings is 2. The summed E-state index contributed by atoms with van der Waals surface area (Å²) in [7, 11) is 1.65. The fraction of sp³-hybridized carbons (Fsp3) is 0.364. The molecule has 0 radical (unpaired) electrons. The molecule has 0 aliphatic carbocycles. The highest BCUT2D eigenvalue weighted by molar-refractivity contribution is 5.76. The van der Waals surface area contributed by atoms with Crippen molar-refractivity contribution >= 4 is 17.1 Å². The van der Waals surface area contributed by atoms with Crippen molar-refractivity contribution in [2.45, 2.75) is 45.2 Å². The first kappa shape index (κ1) is 19.7. The second-order valence-electron chi connectivity index (χ2n) is 6.88. The van der Waals surface area contributed by atoms with Crippen molar-refractivity contribution in [3.05, 3.63) is 59.9 Å². The molecule has 0 saturated heterocycles. The second kappa shape index (κ2) is 9.26. The van der Waals surface area contributed by atoms with E-state index in [0.717, 1.165) is 41.0 Å². The zero-order valence-electron chi connectivity index (χ0n) is 16.7. The number of rotatable bonds is 8. The molecule has 0 aliphatic rings. The number of H-pyrrole nitrogens is 1. The van der Waals surface area contributed by atoms with E-state index >= 15 is 0 Å². The van der Waals surface area contributed by atoms with Crippen molar-refractivity contribution in [3.63, 3.8) is 0 Å². The molecule has 3 rings (SSSR count). The maximum absolute atomic E-state index is 12.6. The van der Waals surface area contributed by atoms with Crippen LogP contribution in [0.25, 0.3) is 11.0 Å². The summed E-state index contributed by atoms with van der Waals surface area (Å²) in [5, 5.41) is 6.14. The van der Waals surface area contributed by atoms with Crippen LogP contribution in [0.5, 0.6) is 5.75 Å². The first-order chi connectivity index (χ1) is 13.6. The summed E-state index contributed by atoms with van der Waals surface area (Å²) >= 11 is 0. The van der Waals surface area contributed by atoms with Crippen LogP contribution in [0.3, 0.4) is 0 Å². The smallest absolute Gasteiger partial charge is 0.315 e. The Morgan fingerprint density at radius 2 is 1.79 bits per heavy atom. The van der Waals surface area contributed by atoms with Crippen LogP contribution in [0.1, 0.15) is 44.1 Å². The Balaban J connectivity index is 1.83. The lowest BCUT2D eigenvalue weighted by atomic mass is 10.1. The number of aromatic nitrogens is 2. The monoisotopic (exact) mass is 380 g/mol. The Bertz CT molecular complexity index is 867. The number of imidazole rings is 1. The van der Waals surface area contributed by atoms with Crippen LogP contribution in [0.4, 0.5) is 4.79 Å². The van der Waals surface area contributed by atoms with E-state index in [0.29, 0.717) is 6.42 Å². The van der Waals surface area contributed by atoms with Gasteiger partial charge < -0.3 is 20.4 Å². The van der Waals surface area contributed by atoms with E-state index in [9.17, 15) is 4.79 Å². The average Bonchev–Trinajstić information content (AvgIpc) is 3.16. The highest BCUT2D eigenvalue weighted by Crippen LogP contribution is 2.21. The summed E-state index contributed by atoms with van der Waals surface area (Å²) in [5.74, 6) is 1.56. The highest BCUT2D eigenvalue weighted by Gasteiger charge is 2.20.